The highest BCUT2D eigenvalue weighted by molar-refractivity contribution is 5.54. The van der Waals surface area contributed by atoms with E-state index in [1.54, 1.807) is 7.11 Å². The second-order valence-corrected chi connectivity index (χ2v) is 3.61. The monoisotopic (exact) mass is 214 g/mol. The number of hydrogen-bond acceptors (Lipinski definition) is 2. The molecule has 1 aromatic carbocycles. The van der Waals surface area contributed by atoms with Crippen LogP contribution in [0.15, 0.2) is 12.1 Å². The first-order chi connectivity index (χ1) is 6.06. The van der Waals surface area contributed by atoms with Crippen molar-refractivity contribution in [3.63, 3.8) is 0 Å². The maximum Gasteiger partial charge on any atom is 0.122 e. The summed E-state index contributed by atoms with van der Waals surface area (Å²) >= 11 is 0. The summed E-state index contributed by atoms with van der Waals surface area (Å²) in [6, 6.07) is 3.99. The van der Waals surface area contributed by atoms with E-state index in [0.29, 0.717) is 5.92 Å². The highest BCUT2D eigenvalue weighted by Gasteiger charge is 2.08. The standard InChI is InChI=1S/C11H17NO.ClH/c1-7(2)9-6-10(12)8(3)5-11(9)13-4;/h5-7H,12H2,1-4H3;1H/p-1. The molecular formula is C11H17ClNO-. The number of ether oxygens (including phenoxy) is 1. The van der Waals surface area contributed by atoms with Crippen LogP contribution in [0.5, 0.6) is 5.75 Å². The number of nitrogens with two attached hydrogens (primary N) is 1. The third-order valence-corrected chi connectivity index (χ3v) is 2.24. The van der Waals surface area contributed by atoms with Crippen molar-refractivity contribution in [3.8, 4) is 5.75 Å². The highest BCUT2D eigenvalue weighted by atomic mass is 35.5. The molecule has 0 heterocycles. The fraction of sp³-hybridized carbons (Fsp3) is 0.455. The quantitative estimate of drug-likeness (QED) is 0.687. The smallest absolute Gasteiger partial charge is 0.122 e. The molecule has 2 N–H and O–H groups in total. The Morgan fingerprint density at radius 1 is 1.29 bits per heavy atom. The van der Waals surface area contributed by atoms with Crippen LogP contribution in [0.2, 0.25) is 0 Å². The Kier molecular flexibility index (Phi) is 4.78. The fourth-order valence-corrected chi connectivity index (χ4v) is 1.34. The number of nitrogen functional groups attached to an aromatic ring is 1. The molecule has 0 bridgehead atoms. The molecule has 0 aliphatic rings. The van der Waals surface area contributed by atoms with Crippen LogP contribution in [0.4, 0.5) is 5.69 Å². The molecule has 3 heteroatoms. The topological polar surface area (TPSA) is 35.2 Å². The lowest BCUT2D eigenvalue weighted by Gasteiger charge is -2.13. The Bertz CT molecular complexity index is 310. The average Bonchev–Trinajstić information content (AvgIpc) is 2.08. The molecule has 0 aromatic heterocycles. The molecule has 0 unspecified atom stereocenters. The molecule has 1 aromatic rings. The minimum atomic E-state index is 0. The van der Waals surface area contributed by atoms with Gasteiger partial charge in [-0.2, -0.15) is 0 Å². The Balaban J connectivity index is 0.00000169. The number of rotatable bonds is 2. The molecule has 0 atom stereocenters. The van der Waals surface area contributed by atoms with Gasteiger partial charge in [-0.3, -0.25) is 0 Å². The van der Waals surface area contributed by atoms with Crippen LogP contribution < -0.4 is 22.9 Å². The van der Waals surface area contributed by atoms with Crippen molar-refractivity contribution in [2.75, 3.05) is 12.8 Å². The van der Waals surface area contributed by atoms with Crippen molar-refractivity contribution in [1.29, 1.82) is 0 Å². The van der Waals surface area contributed by atoms with Crippen molar-refractivity contribution < 1.29 is 17.1 Å². The van der Waals surface area contributed by atoms with Crippen LogP contribution in [0, 0.1) is 6.92 Å². The van der Waals surface area contributed by atoms with E-state index in [-0.39, 0.29) is 12.4 Å². The predicted octanol–water partition coefficient (Wildman–Crippen LogP) is -0.287. The van der Waals surface area contributed by atoms with Gasteiger partial charge in [0, 0.05) is 5.69 Å². The van der Waals surface area contributed by atoms with E-state index >= 15 is 0 Å². The molecule has 0 saturated heterocycles. The van der Waals surface area contributed by atoms with E-state index in [0.717, 1.165) is 17.0 Å². The third-order valence-electron chi connectivity index (χ3n) is 2.24. The lowest BCUT2D eigenvalue weighted by atomic mass is 9.99. The summed E-state index contributed by atoms with van der Waals surface area (Å²) in [5.41, 5.74) is 8.91. The SMILES string of the molecule is COc1cc(C)c(N)cc1C(C)C.[Cl-]. The zero-order chi connectivity index (χ0) is 10.0. The molecule has 1 rings (SSSR count). The number of halogens is 1. The largest absolute Gasteiger partial charge is 1.00 e. The van der Waals surface area contributed by atoms with Gasteiger partial charge in [0.2, 0.25) is 0 Å². The van der Waals surface area contributed by atoms with Crippen LogP contribution >= 0.6 is 0 Å². The van der Waals surface area contributed by atoms with Crippen LogP contribution in [-0.2, 0) is 0 Å². The molecule has 0 spiro atoms. The van der Waals surface area contributed by atoms with Gasteiger partial charge in [-0.05, 0) is 36.1 Å². The van der Waals surface area contributed by atoms with Gasteiger partial charge in [0.05, 0.1) is 7.11 Å². The lowest BCUT2D eigenvalue weighted by Crippen LogP contribution is -3.00. The molecule has 0 fully saturated rings. The Hall–Kier alpha value is -0.890. The van der Waals surface area contributed by atoms with Crippen LogP contribution in [0.25, 0.3) is 0 Å². The summed E-state index contributed by atoms with van der Waals surface area (Å²) in [6.07, 6.45) is 0. The minimum Gasteiger partial charge on any atom is -1.00 e. The van der Waals surface area contributed by atoms with Crippen LogP contribution in [-0.4, -0.2) is 7.11 Å². The van der Waals surface area contributed by atoms with Crippen molar-refractivity contribution in [3.05, 3.63) is 23.3 Å². The third kappa shape index (κ3) is 2.55. The molecule has 0 aliphatic carbocycles. The van der Waals surface area contributed by atoms with Crippen LogP contribution in [0.3, 0.4) is 0 Å². The van der Waals surface area contributed by atoms with Gasteiger partial charge in [-0.1, -0.05) is 13.8 Å². The highest BCUT2D eigenvalue weighted by Crippen LogP contribution is 2.30. The fourth-order valence-electron chi connectivity index (χ4n) is 1.34. The number of hydrogen-bond donors (Lipinski definition) is 1. The number of aryl methyl sites for hydroxylation is 1. The number of benzene rings is 1. The molecule has 0 radical (unpaired) electrons. The maximum atomic E-state index is 5.83. The zero-order valence-corrected chi connectivity index (χ0v) is 9.85. The molecular weight excluding hydrogens is 198 g/mol. The van der Waals surface area contributed by atoms with Gasteiger partial charge in [0.1, 0.15) is 5.75 Å². The number of methoxy groups -OCH3 is 1. The molecule has 0 aliphatic heterocycles. The van der Waals surface area contributed by atoms with Crippen molar-refractivity contribution in [2.45, 2.75) is 26.7 Å². The molecule has 80 valence electrons. The Morgan fingerprint density at radius 3 is 2.29 bits per heavy atom. The summed E-state index contributed by atoms with van der Waals surface area (Å²) in [5.74, 6) is 1.37. The van der Waals surface area contributed by atoms with Gasteiger partial charge in [-0.15, -0.1) is 0 Å². The Morgan fingerprint density at radius 2 is 1.86 bits per heavy atom. The van der Waals surface area contributed by atoms with Crippen molar-refractivity contribution in [2.24, 2.45) is 0 Å². The predicted molar refractivity (Wildman–Crippen MR) is 56.2 cm³/mol. The zero-order valence-electron chi connectivity index (χ0n) is 9.10. The summed E-state index contributed by atoms with van der Waals surface area (Å²) in [6.45, 7) is 6.25. The summed E-state index contributed by atoms with van der Waals surface area (Å²) in [5, 5.41) is 0. The summed E-state index contributed by atoms with van der Waals surface area (Å²) < 4.78 is 5.29. The molecule has 0 amide bonds. The van der Waals surface area contributed by atoms with E-state index in [2.05, 4.69) is 13.8 Å². The van der Waals surface area contributed by atoms with E-state index < -0.39 is 0 Å². The average molecular weight is 215 g/mol. The van der Waals surface area contributed by atoms with Crippen molar-refractivity contribution in [1.82, 2.24) is 0 Å². The minimum absolute atomic E-state index is 0. The second-order valence-electron chi connectivity index (χ2n) is 3.61. The van der Waals surface area contributed by atoms with E-state index in [4.69, 9.17) is 10.5 Å². The second kappa shape index (κ2) is 5.11. The first-order valence-corrected chi connectivity index (χ1v) is 4.50. The van der Waals surface area contributed by atoms with Crippen molar-refractivity contribution >= 4 is 5.69 Å². The molecule has 14 heavy (non-hydrogen) atoms. The van der Waals surface area contributed by atoms with Gasteiger partial charge < -0.3 is 22.9 Å². The van der Waals surface area contributed by atoms with Crippen LogP contribution in [0.1, 0.15) is 30.9 Å². The van der Waals surface area contributed by atoms with E-state index in [9.17, 15) is 0 Å². The lowest BCUT2D eigenvalue weighted by molar-refractivity contribution is -0.00000328. The Labute approximate surface area is 91.9 Å². The van der Waals surface area contributed by atoms with Gasteiger partial charge in [0.25, 0.3) is 0 Å². The number of anilines is 1. The first-order valence-electron chi connectivity index (χ1n) is 4.50. The van der Waals surface area contributed by atoms with E-state index in [1.165, 1.54) is 5.56 Å². The van der Waals surface area contributed by atoms with Gasteiger partial charge in [-0.25, -0.2) is 0 Å². The summed E-state index contributed by atoms with van der Waals surface area (Å²) in [4.78, 5) is 0. The van der Waals surface area contributed by atoms with E-state index in [1.807, 2.05) is 19.1 Å². The maximum absolute atomic E-state index is 5.83. The molecule has 2 nitrogen and oxygen atoms in total. The first kappa shape index (κ1) is 13.1. The van der Waals surface area contributed by atoms with Gasteiger partial charge >= 0.3 is 0 Å². The summed E-state index contributed by atoms with van der Waals surface area (Å²) in [7, 11) is 1.69. The van der Waals surface area contributed by atoms with Gasteiger partial charge in [0.15, 0.2) is 0 Å². The molecule has 0 saturated carbocycles. The normalized spacial score (nSPS) is 9.79.